The molecule has 0 spiro atoms. The molecule has 0 aliphatic carbocycles. The number of hydrogen-bond acceptors (Lipinski definition) is 5. The lowest BCUT2D eigenvalue weighted by molar-refractivity contribution is 0.0588. The number of carbonyl (C=O) groups excluding carboxylic acids is 1. The van der Waals surface area contributed by atoms with Crippen molar-refractivity contribution >= 4 is 21.9 Å². The molecule has 6 heteroatoms. The summed E-state index contributed by atoms with van der Waals surface area (Å²) < 4.78 is 16.8. The zero-order valence-corrected chi connectivity index (χ0v) is 17.8. The number of hydrogen-bond donors (Lipinski definition) is 0. The first kappa shape index (κ1) is 21.2. The van der Waals surface area contributed by atoms with Crippen molar-refractivity contribution < 1.29 is 19.0 Å². The molecule has 0 unspecified atom stereocenters. The van der Waals surface area contributed by atoms with Gasteiger partial charge in [0.05, 0.1) is 20.3 Å². The Labute approximate surface area is 169 Å². The van der Waals surface area contributed by atoms with E-state index < -0.39 is 5.97 Å². The van der Waals surface area contributed by atoms with Crippen molar-refractivity contribution in [2.45, 2.75) is 33.6 Å². The molecule has 2 aromatic rings. The summed E-state index contributed by atoms with van der Waals surface area (Å²) in [5.41, 5.74) is 1.66. The Kier molecular flexibility index (Phi) is 7.66. The fraction of sp³-hybridized carbons (Fsp3) is 0.429. The average molecular weight is 436 g/mol. The lowest BCUT2D eigenvalue weighted by Crippen LogP contribution is -2.11. The van der Waals surface area contributed by atoms with Gasteiger partial charge >= 0.3 is 5.97 Å². The van der Waals surface area contributed by atoms with Gasteiger partial charge in [-0.1, -0.05) is 32.9 Å². The standard InChI is InChI=1S/C21H26BrNO4/c1-21(2,3)14-15-7-5-8-16(13-15)26-11-6-12-27-17-9-10-18(22)23-19(17)20(24)25-4/h5,7-10,13H,6,11-12,14H2,1-4H3. The number of nitrogens with zero attached hydrogens (tertiary/aromatic N) is 1. The van der Waals surface area contributed by atoms with E-state index >= 15 is 0 Å². The summed E-state index contributed by atoms with van der Waals surface area (Å²) in [5, 5.41) is 0. The summed E-state index contributed by atoms with van der Waals surface area (Å²) in [4.78, 5) is 15.9. The second-order valence-electron chi connectivity index (χ2n) is 7.41. The van der Waals surface area contributed by atoms with Gasteiger partial charge in [-0.2, -0.15) is 0 Å². The van der Waals surface area contributed by atoms with Crippen molar-refractivity contribution in [2.24, 2.45) is 5.41 Å². The van der Waals surface area contributed by atoms with Gasteiger partial charge in [-0.05, 0) is 57.6 Å². The molecular formula is C21H26BrNO4. The van der Waals surface area contributed by atoms with Crippen molar-refractivity contribution in [1.82, 2.24) is 4.98 Å². The van der Waals surface area contributed by atoms with E-state index in [0.717, 1.165) is 12.2 Å². The number of aromatic nitrogens is 1. The van der Waals surface area contributed by atoms with E-state index in [2.05, 4.69) is 53.8 Å². The summed E-state index contributed by atoms with van der Waals surface area (Å²) in [6.07, 6.45) is 1.68. The van der Waals surface area contributed by atoms with Crippen LogP contribution in [0.3, 0.4) is 0 Å². The van der Waals surface area contributed by atoms with Crippen LogP contribution in [-0.4, -0.2) is 31.3 Å². The number of esters is 1. The molecule has 5 nitrogen and oxygen atoms in total. The molecule has 0 amide bonds. The van der Waals surface area contributed by atoms with E-state index in [0.29, 0.717) is 30.0 Å². The van der Waals surface area contributed by atoms with Crippen LogP contribution < -0.4 is 9.47 Å². The maximum atomic E-state index is 11.8. The summed E-state index contributed by atoms with van der Waals surface area (Å²) in [6.45, 7) is 7.60. The molecule has 0 aliphatic rings. The maximum Gasteiger partial charge on any atom is 0.360 e. The number of ether oxygens (including phenoxy) is 3. The Hall–Kier alpha value is -2.08. The highest BCUT2D eigenvalue weighted by atomic mass is 79.9. The summed E-state index contributed by atoms with van der Waals surface area (Å²) in [5.74, 6) is 0.729. The summed E-state index contributed by atoms with van der Waals surface area (Å²) in [6, 6.07) is 11.6. The normalized spacial score (nSPS) is 11.1. The third-order valence-corrected chi connectivity index (χ3v) is 4.09. The van der Waals surface area contributed by atoms with E-state index in [4.69, 9.17) is 14.2 Å². The van der Waals surface area contributed by atoms with Gasteiger partial charge in [0.25, 0.3) is 0 Å². The van der Waals surface area contributed by atoms with E-state index in [1.54, 1.807) is 12.1 Å². The van der Waals surface area contributed by atoms with Gasteiger partial charge in [0, 0.05) is 6.42 Å². The molecule has 0 radical (unpaired) electrons. The molecule has 0 atom stereocenters. The highest BCUT2D eigenvalue weighted by Gasteiger charge is 2.16. The molecule has 146 valence electrons. The Balaban J connectivity index is 1.83. The minimum atomic E-state index is -0.529. The molecule has 0 fully saturated rings. The summed E-state index contributed by atoms with van der Waals surface area (Å²) in [7, 11) is 1.32. The zero-order chi connectivity index (χ0) is 19.9. The van der Waals surface area contributed by atoms with E-state index in [-0.39, 0.29) is 11.1 Å². The van der Waals surface area contributed by atoms with Crippen LogP contribution in [0.25, 0.3) is 0 Å². The number of pyridine rings is 1. The van der Waals surface area contributed by atoms with Crippen LogP contribution in [0, 0.1) is 5.41 Å². The molecule has 0 N–H and O–H groups in total. The van der Waals surface area contributed by atoms with Gasteiger partial charge < -0.3 is 14.2 Å². The molecular weight excluding hydrogens is 410 g/mol. The van der Waals surface area contributed by atoms with Crippen LogP contribution in [-0.2, 0) is 11.2 Å². The third kappa shape index (κ3) is 7.21. The van der Waals surface area contributed by atoms with Gasteiger partial charge in [-0.3, -0.25) is 0 Å². The lowest BCUT2D eigenvalue weighted by Gasteiger charge is -2.18. The van der Waals surface area contributed by atoms with E-state index in [1.807, 2.05) is 12.1 Å². The monoisotopic (exact) mass is 435 g/mol. The third-order valence-electron chi connectivity index (χ3n) is 3.65. The number of carbonyl (C=O) groups is 1. The van der Waals surface area contributed by atoms with Crippen molar-refractivity contribution in [2.75, 3.05) is 20.3 Å². The van der Waals surface area contributed by atoms with Crippen LogP contribution in [0.1, 0.15) is 43.2 Å². The highest BCUT2D eigenvalue weighted by molar-refractivity contribution is 9.10. The SMILES string of the molecule is COC(=O)c1nc(Br)ccc1OCCCOc1cccc(CC(C)(C)C)c1. The topological polar surface area (TPSA) is 57.7 Å². The molecule has 0 saturated carbocycles. The Morgan fingerprint density at radius 1 is 1.11 bits per heavy atom. The number of methoxy groups -OCH3 is 1. The summed E-state index contributed by atoms with van der Waals surface area (Å²) >= 11 is 3.24. The fourth-order valence-electron chi connectivity index (χ4n) is 2.57. The lowest BCUT2D eigenvalue weighted by atomic mass is 9.88. The molecule has 0 bridgehead atoms. The number of benzene rings is 1. The Morgan fingerprint density at radius 3 is 2.56 bits per heavy atom. The first-order chi connectivity index (χ1) is 12.8. The molecule has 0 saturated heterocycles. The van der Waals surface area contributed by atoms with Crippen molar-refractivity contribution in [1.29, 1.82) is 0 Å². The van der Waals surface area contributed by atoms with E-state index in [1.165, 1.54) is 12.7 Å². The molecule has 1 aromatic carbocycles. The minimum absolute atomic E-state index is 0.155. The van der Waals surface area contributed by atoms with Gasteiger partial charge in [0.15, 0.2) is 11.4 Å². The van der Waals surface area contributed by atoms with Crippen molar-refractivity contribution in [3.05, 3.63) is 52.3 Å². The van der Waals surface area contributed by atoms with Crippen LogP contribution in [0.4, 0.5) is 0 Å². The second-order valence-corrected chi connectivity index (χ2v) is 8.22. The van der Waals surface area contributed by atoms with E-state index in [9.17, 15) is 4.79 Å². The quantitative estimate of drug-likeness (QED) is 0.329. The Bertz CT molecular complexity index is 771. The predicted molar refractivity (Wildman–Crippen MR) is 108 cm³/mol. The molecule has 1 aromatic heterocycles. The van der Waals surface area contributed by atoms with Gasteiger partial charge in [-0.25, -0.2) is 9.78 Å². The first-order valence-corrected chi connectivity index (χ1v) is 9.67. The van der Waals surface area contributed by atoms with Crippen LogP contribution in [0.5, 0.6) is 11.5 Å². The minimum Gasteiger partial charge on any atom is -0.493 e. The molecule has 27 heavy (non-hydrogen) atoms. The Morgan fingerprint density at radius 2 is 1.85 bits per heavy atom. The van der Waals surface area contributed by atoms with Crippen molar-refractivity contribution in [3.8, 4) is 11.5 Å². The van der Waals surface area contributed by atoms with Crippen molar-refractivity contribution in [3.63, 3.8) is 0 Å². The average Bonchev–Trinajstić information content (AvgIpc) is 2.60. The number of rotatable bonds is 8. The van der Waals surface area contributed by atoms with Gasteiger partial charge in [0.2, 0.25) is 0 Å². The highest BCUT2D eigenvalue weighted by Crippen LogP contribution is 2.23. The maximum absolute atomic E-state index is 11.8. The largest absolute Gasteiger partial charge is 0.493 e. The van der Waals surface area contributed by atoms with Gasteiger partial charge in [0.1, 0.15) is 10.4 Å². The van der Waals surface area contributed by atoms with Crippen LogP contribution in [0.15, 0.2) is 41.0 Å². The second kappa shape index (κ2) is 9.74. The first-order valence-electron chi connectivity index (χ1n) is 8.88. The smallest absolute Gasteiger partial charge is 0.360 e. The molecule has 0 aliphatic heterocycles. The molecule has 2 rings (SSSR count). The van der Waals surface area contributed by atoms with Crippen LogP contribution in [0.2, 0.25) is 0 Å². The number of halogens is 1. The van der Waals surface area contributed by atoms with Crippen LogP contribution >= 0.6 is 15.9 Å². The molecule has 1 heterocycles. The predicted octanol–water partition coefficient (Wildman–Crippen LogP) is 5.07. The fourth-order valence-corrected chi connectivity index (χ4v) is 2.88. The van der Waals surface area contributed by atoms with Gasteiger partial charge in [-0.15, -0.1) is 0 Å². The zero-order valence-electron chi connectivity index (χ0n) is 16.3.